The van der Waals surface area contributed by atoms with E-state index in [0.29, 0.717) is 15.8 Å². The van der Waals surface area contributed by atoms with Crippen molar-refractivity contribution in [3.8, 4) is 5.69 Å². The van der Waals surface area contributed by atoms with E-state index in [0.717, 1.165) is 11.3 Å². The molecule has 2 aromatic heterocycles. The molecule has 0 atom stereocenters. The Kier molecular flexibility index (Phi) is 4.27. The number of carbonyl (C=O) groups excluding carboxylic acids is 1. The summed E-state index contributed by atoms with van der Waals surface area (Å²) < 4.78 is 2.42. The lowest BCUT2D eigenvalue weighted by Crippen LogP contribution is -2.25. The van der Waals surface area contributed by atoms with Crippen molar-refractivity contribution in [3.63, 3.8) is 0 Å². The molecule has 0 aliphatic heterocycles. The molecule has 3 rings (SSSR count). The lowest BCUT2D eigenvalue weighted by atomic mass is 10.3. The number of thiophene rings is 1. The van der Waals surface area contributed by atoms with Gasteiger partial charge in [-0.25, -0.2) is 4.68 Å². The minimum absolute atomic E-state index is 0.0376. The van der Waals surface area contributed by atoms with E-state index in [1.54, 1.807) is 35.0 Å². The van der Waals surface area contributed by atoms with Gasteiger partial charge in [-0.05, 0) is 24.3 Å². The van der Waals surface area contributed by atoms with Crippen LogP contribution < -0.4 is 0 Å². The molecular weight excluding hydrogens is 318 g/mol. The Labute approximate surface area is 137 Å². The fourth-order valence-corrected chi connectivity index (χ4v) is 3.16. The number of amides is 1. The highest BCUT2D eigenvalue weighted by molar-refractivity contribution is 7.17. The fourth-order valence-electron chi connectivity index (χ4n) is 2.13. The number of halogens is 1. The van der Waals surface area contributed by atoms with Crippen LogP contribution in [0, 0.1) is 0 Å². The minimum Gasteiger partial charge on any atom is -0.337 e. The second-order valence-electron chi connectivity index (χ2n) is 4.89. The Hall–Kier alpha value is -2.11. The third-order valence-corrected chi connectivity index (χ3v) is 4.43. The number of nitrogens with zero attached hydrogens (tertiary/aromatic N) is 3. The van der Waals surface area contributed by atoms with Crippen molar-refractivity contribution in [1.29, 1.82) is 0 Å². The van der Waals surface area contributed by atoms with E-state index in [-0.39, 0.29) is 5.91 Å². The number of aromatic nitrogens is 2. The van der Waals surface area contributed by atoms with E-state index in [1.165, 1.54) is 11.3 Å². The maximum atomic E-state index is 12.3. The second kappa shape index (κ2) is 6.34. The third kappa shape index (κ3) is 3.21. The van der Waals surface area contributed by atoms with Crippen LogP contribution in [0.4, 0.5) is 0 Å². The molecule has 1 amide bonds. The summed E-state index contributed by atoms with van der Waals surface area (Å²) in [6, 6.07) is 13.4. The molecule has 4 nitrogen and oxygen atoms in total. The zero-order chi connectivity index (χ0) is 15.5. The Bertz CT molecular complexity index is 782. The topological polar surface area (TPSA) is 38.1 Å². The summed E-state index contributed by atoms with van der Waals surface area (Å²) in [7, 11) is 1.77. The maximum absolute atomic E-state index is 12.3. The number of hydrogen-bond donors (Lipinski definition) is 0. The van der Waals surface area contributed by atoms with Crippen LogP contribution in [0.3, 0.4) is 0 Å². The molecule has 0 unspecified atom stereocenters. The average Bonchev–Trinajstić information content (AvgIpc) is 3.16. The monoisotopic (exact) mass is 331 g/mol. The Morgan fingerprint density at radius 2 is 2.05 bits per heavy atom. The van der Waals surface area contributed by atoms with Crippen molar-refractivity contribution in [1.82, 2.24) is 14.7 Å². The van der Waals surface area contributed by atoms with Crippen LogP contribution in [-0.4, -0.2) is 27.6 Å². The SMILES string of the molecule is CN(Cc1cnn(-c2ccccc2)c1)C(=O)c1ccc(Cl)s1. The summed E-state index contributed by atoms with van der Waals surface area (Å²) in [5, 5.41) is 4.34. The normalized spacial score (nSPS) is 10.6. The lowest BCUT2D eigenvalue weighted by Gasteiger charge is -2.14. The summed E-state index contributed by atoms with van der Waals surface area (Å²) in [6.45, 7) is 0.501. The molecule has 6 heteroatoms. The van der Waals surface area contributed by atoms with Gasteiger partial charge in [-0.15, -0.1) is 11.3 Å². The second-order valence-corrected chi connectivity index (χ2v) is 6.61. The first-order valence-electron chi connectivity index (χ1n) is 6.73. The first-order chi connectivity index (χ1) is 10.6. The van der Waals surface area contributed by atoms with Crippen molar-refractivity contribution >= 4 is 28.8 Å². The standard InChI is InChI=1S/C16H14ClN3OS/c1-19(16(21)14-7-8-15(17)22-14)10-12-9-18-20(11-12)13-5-3-2-4-6-13/h2-9,11H,10H2,1H3. The van der Waals surface area contributed by atoms with Crippen LogP contribution in [0.15, 0.2) is 54.9 Å². The van der Waals surface area contributed by atoms with Crippen molar-refractivity contribution in [2.24, 2.45) is 0 Å². The molecule has 1 aromatic carbocycles. The Morgan fingerprint density at radius 1 is 1.27 bits per heavy atom. The molecule has 0 aliphatic carbocycles. The highest BCUT2D eigenvalue weighted by atomic mass is 35.5. The van der Waals surface area contributed by atoms with Gasteiger partial charge in [-0.1, -0.05) is 29.8 Å². The van der Waals surface area contributed by atoms with E-state index in [2.05, 4.69) is 5.10 Å². The first-order valence-corrected chi connectivity index (χ1v) is 7.93. The highest BCUT2D eigenvalue weighted by Crippen LogP contribution is 2.23. The van der Waals surface area contributed by atoms with Gasteiger partial charge in [0.25, 0.3) is 5.91 Å². The van der Waals surface area contributed by atoms with Gasteiger partial charge in [0.2, 0.25) is 0 Å². The molecule has 0 radical (unpaired) electrons. The molecule has 112 valence electrons. The van der Waals surface area contributed by atoms with Crippen molar-refractivity contribution in [2.75, 3.05) is 7.05 Å². The van der Waals surface area contributed by atoms with Gasteiger partial charge in [0.15, 0.2) is 0 Å². The molecule has 0 saturated heterocycles. The summed E-state index contributed by atoms with van der Waals surface area (Å²) in [4.78, 5) is 14.6. The van der Waals surface area contributed by atoms with Crippen molar-refractivity contribution in [3.05, 3.63) is 69.6 Å². The number of hydrogen-bond acceptors (Lipinski definition) is 3. The molecule has 0 N–H and O–H groups in total. The molecular formula is C16H14ClN3OS. The average molecular weight is 332 g/mol. The highest BCUT2D eigenvalue weighted by Gasteiger charge is 2.15. The van der Waals surface area contributed by atoms with Gasteiger partial charge in [-0.2, -0.15) is 5.10 Å². The number of benzene rings is 1. The molecule has 0 aliphatic rings. The van der Waals surface area contributed by atoms with Crippen molar-refractivity contribution < 1.29 is 4.79 Å². The molecule has 0 bridgehead atoms. The first kappa shape index (κ1) is 14.8. The van der Waals surface area contributed by atoms with Gasteiger partial charge in [0, 0.05) is 25.4 Å². The predicted molar refractivity (Wildman–Crippen MR) is 88.7 cm³/mol. The summed E-state index contributed by atoms with van der Waals surface area (Å²) in [5.74, 6) is -0.0376. The van der Waals surface area contributed by atoms with Crippen molar-refractivity contribution in [2.45, 2.75) is 6.54 Å². The molecule has 2 heterocycles. The van der Waals surface area contributed by atoms with Crippen LogP contribution in [0.2, 0.25) is 4.34 Å². The largest absolute Gasteiger partial charge is 0.337 e. The lowest BCUT2D eigenvalue weighted by molar-refractivity contribution is 0.0790. The Morgan fingerprint density at radius 3 is 2.73 bits per heavy atom. The zero-order valence-corrected chi connectivity index (χ0v) is 13.5. The smallest absolute Gasteiger partial charge is 0.264 e. The van der Waals surface area contributed by atoms with Gasteiger partial charge < -0.3 is 4.90 Å². The van der Waals surface area contributed by atoms with E-state index < -0.39 is 0 Å². The van der Waals surface area contributed by atoms with E-state index in [9.17, 15) is 4.79 Å². The van der Waals surface area contributed by atoms with Gasteiger partial charge in [0.1, 0.15) is 0 Å². The summed E-state index contributed by atoms with van der Waals surface area (Å²) in [6.07, 6.45) is 3.71. The van der Waals surface area contributed by atoms with Crippen LogP contribution in [-0.2, 0) is 6.54 Å². The molecule has 3 aromatic rings. The van der Waals surface area contributed by atoms with E-state index in [4.69, 9.17) is 11.6 Å². The van der Waals surface area contributed by atoms with E-state index in [1.807, 2.05) is 36.5 Å². The quantitative estimate of drug-likeness (QED) is 0.728. The summed E-state index contributed by atoms with van der Waals surface area (Å²) >= 11 is 7.17. The van der Waals surface area contributed by atoms with Crippen LogP contribution in [0.1, 0.15) is 15.2 Å². The number of rotatable bonds is 4. The molecule has 0 spiro atoms. The molecule has 0 fully saturated rings. The van der Waals surface area contributed by atoms with Gasteiger partial charge in [-0.3, -0.25) is 4.79 Å². The minimum atomic E-state index is -0.0376. The predicted octanol–water partition coefficient (Wildman–Crippen LogP) is 3.86. The van der Waals surface area contributed by atoms with Crippen LogP contribution in [0.5, 0.6) is 0 Å². The molecule has 0 saturated carbocycles. The Balaban J connectivity index is 1.71. The summed E-state index contributed by atoms with van der Waals surface area (Å²) in [5.41, 5.74) is 1.97. The van der Waals surface area contributed by atoms with E-state index >= 15 is 0 Å². The van der Waals surface area contributed by atoms with Gasteiger partial charge >= 0.3 is 0 Å². The number of para-hydroxylation sites is 1. The van der Waals surface area contributed by atoms with Crippen LogP contribution >= 0.6 is 22.9 Å². The van der Waals surface area contributed by atoms with Gasteiger partial charge in [0.05, 0.1) is 21.1 Å². The van der Waals surface area contributed by atoms with Crippen LogP contribution in [0.25, 0.3) is 5.69 Å². The number of carbonyl (C=O) groups is 1. The maximum Gasteiger partial charge on any atom is 0.264 e. The zero-order valence-electron chi connectivity index (χ0n) is 11.9. The third-order valence-electron chi connectivity index (χ3n) is 3.21. The molecule has 22 heavy (non-hydrogen) atoms. The fraction of sp³-hybridized carbons (Fsp3) is 0.125.